The summed E-state index contributed by atoms with van der Waals surface area (Å²) in [7, 11) is 0. The average Bonchev–Trinajstić information content (AvgIpc) is 2.41. The molecule has 0 radical (unpaired) electrons. The first kappa shape index (κ1) is 7.68. The van der Waals surface area contributed by atoms with Gasteiger partial charge in [-0.05, 0) is 30.0 Å². The van der Waals surface area contributed by atoms with Crippen molar-refractivity contribution in [3.05, 3.63) is 34.9 Å². The number of nitrogens with two attached hydrogens (primary N) is 1. The molecular weight excluding hydrogens is 160 g/mol. The Morgan fingerprint density at radius 1 is 1.33 bits per heavy atom. The van der Waals surface area contributed by atoms with E-state index in [1.165, 1.54) is 0 Å². The lowest BCUT2D eigenvalue weighted by Gasteiger charge is -2.04. The fourth-order valence-corrected chi connectivity index (χ4v) is 1.66. The third-order valence-electron chi connectivity index (χ3n) is 2.34. The standard InChI is InChI=1S/C9H9F2N/c10-7-3-1-5-6(9(7)11)2-4-8(5)12/h1,3,8H,2,4,12H2/t8-/m1/s1. The molecule has 1 nitrogen and oxygen atoms in total. The smallest absolute Gasteiger partial charge is 0.162 e. The maximum atomic E-state index is 13.0. The summed E-state index contributed by atoms with van der Waals surface area (Å²) in [6.07, 6.45) is 1.27. The molecule has 2 rings (SSSR count). The summed E-state index contributed by atoms with van der Waals surface area (Å²) in [6.45, 7) is 0. The lowest BCUT2D eigenvalue weighted by molar-refractivity contribution is 0.500. The largest absolute Gasteiger partial charge is 0.324 e. The predicted octanol–water partition coefficient (Wildman–Crippen LogP) is 1.91. The Bertz CT molecular complexity index is 323. The molecule has 0 bridgehead atoms. The molecular formula is C9H9F2N. The fourth-order valence-electron chi connectivity index (χ4n) is 1.66. The van der Waals surface area contributed by atoms with Crippen molar-refractivity contribution >= 4 is 0 Å². The molecule has 2 N–H and O–H groups in total. The molecule has 12 heavy (non-hydrogen) atoms. The molecule has 0 aromatic heterocycles. The maximum absolute atomic E-state index is 13.0. The van der Waals surface area contributed by atoms with Crippen molar-refractivity contribution in [3.8, 4) is 0 Å². The zero-order valence-electron chi connectivity index (χ0n) is 6.48. The minimum absolute atomic E-state index is 0.116. The highest BCUT2D eigenvalue weighted by molar-refractivity contribution is 5.35. The van der Waals surface area contributed by atoms with Gasteiger partial charge in [-0.3, -0.25) is 0 Å². The van der Waals surface area contributed by atoms with Crippen LogP contribution in [0.2, 0.25) is 0 Å². The summed E-state index contributed by atoms with van der Waals surface area (Å²) in [5.41, 5.74) is 6.90. The normalized spacial score (nSPS) is 21.1. The highest BCUT2D eigenvalue weighted by Crippen LogP contribution is 2.31. The van der Waals surface area contributed by atoms with E-state index in [1.54, 1.807) is 6.07 Å². The SMILES string of the molecule is N[C@@H]1CCc2c1ccc(F)c2F. The molecule has 1 aromatic carbocycles. The van der Waals surface area contributed by atoms with E-state index in [1.807, 2.05) is 0 Å². The third kappa shape index (κ3) is 0.932. The van der Waals surface area contributed by atoms with Gasteiger partial charge in [0.05, 0.1) is 0 Å². The third-order valence-corrected chi connectivity index (χ3v) is 2.34. The molecule has 0 fully saturated rings. The Kier molecular flexibility index (Phi) is 1.61. The summed E-state index contributed by atoms with van der Waals surface area (Å²) in [4.78, 5) is 0. The monoisotopic (exact) mass is 169 g/mol. The van der Waals surface area contributed by atoms with Gasteiger partial charge < -0.3 is 5.73 Å². The molecule has 0 spiro atoms. The minimum atomic E-state index is -0.775. The Balaban J connectivity index is 2.60. The summed E-state index contributed by atoms with van der Waals surface area (Å²) < 4.78 is 25.7. The zero-order chi connectivity index (χ0) is 8.72. The Morgan fingerprint density at radius 2 is 2.08 bits per heavy atom. The first-order chi connectivity index (χ1) is 5.70. The second-order valence-corrected chi connectivity index (χ2v) is 3.07. The van der Waals surface area contributed by atoms with Crippen molar-refractivity contribution in [1.29, 1.82) is 0 Å². The van der Waals surface area contributed by atoms with E-state index >= 15 is 0 Å². The number of benzene rings is 1. The number of rotatable bonds is 0. The molecule has 1 atom stereocenters. The van der Waals surface area contributed by atoms with Gasteiger partial charge in [-0.15, -0.1) is 0 Å². The van der Waals surface area contributed by atoms with Gasteiger partial charge in [0.15, 0.2) is 11.6 Å². The Hall–Kier alpha value is -0.960. The van der Waals surface area contributed by atoms with Gasteiger partial charge in [0, 0.05) is 6.04 Å². The van der Waals surface area contributed by atoms with Gasteiger partial charge in [0.2, 0.25) is 0 Å². The first-order valence-electron chi connectivity index (χ1n) is 3.92. The first-order valence-corrected chi connectivity index (χ1v) is 3.92. The number of hydrogen-bond acceptors (Lipinski definition) is 1. The van der Waals surface area contributed by atoms with Crippen LogP contribution < -0.4 is 5.73 Å². The summed E-state index contributed by atoms with van der Waals surface area (Å²) in [5.74, 6) is -1.50. The van der Waals surface area contributed by atoms with E-state index in [-0.39, 0.29) is 6.04 Å². The van der Waals surface area contributed by atoms with Crippen molar-refractivity contribution in [2.45, 2.75) is 18.9 Å². The number of fused-ring (bicyclic) bond motifs is 1. The van der Waals surface area contributed by atoms with E-state index in [4.69, 9.17) is 5.73 Å². The van der Waals surface area contributed by atoms with E-state index in [0.29, 0.717) is 12.0 Å². The zero-order valence-corrected chi connectivity index (χ0v) is 6.48. The van der Waals surface area contributed by atoms with Gasteiger partial charge in [0.1, 0.15) is 0 Å². The van der Waals surface area contributed by atoms with Gasteiger partial charge in [-0.1, -0.05) is 6.07 Å². The molecule has 0 saturated carbocycles. The van der Waals surface area contributed by atoms with E-state index in [0.717, 1.165) is 18.1 Å². The van der Waals surface area contributed by atoms with Crippen molar-refractivity contribution in [3.63, 3.8) is 0 Å². The average molecular weight is 169 g/mol. The highest BCUT2D eigenvalue weighted by Gasteiger charge is 2.23. The Morgan fingerprint density at radius 3 is 2.83 bits per heavy atom. The molecule has 0 aliphatic heterocycles. The molecule has 1 aromatic rings. The lowest BCUT2D eigenvalue weighted by Crippen LogP contribution is -2.05. The van der Waals surface area contributed by atoms with Crippen molar-refractivity contribution in [2.75, 3.05) is 0 Å². The molecule has 3 heteroatoms. The van der Waals surface area contributed by atoms with Gasteiger partial charge >= 0.3 is 0 Å². The summed E-state index contributed by atoms with van der Waals surface area (Å²) in [6, 6.07) is 2.60. The van der Waals surface area contributed by atoms with E-state index < -0.39 is 11.6 Å². The summed E-state index contributed by atoms with van der Waals surface area (Å²) >= 11 is 0. The molecule has 0 heterocycles. The minimum Gasteiger partial charge on any atom is -0.324 e. The van der Waals surface area contributed by atoms with Crippen LogP contribution in [0.5, 0.6) is 0 Å². The molecule has 1 aliphatic rings. The highest BCUT2D eigenvalue weighted by atomic mass is 19.2. The van der Waals surface area contributed by atoms with Crippen LogP contribution >= 0.6 is 0 Å². The van der Waals surface area contributed by atoms with Crippen molar-refractivity contribution < 1.29 is 8.78 Å². The van der Waals surface area contributed by atoms with Crippen molar-refractivity contribution in [1.82, 2.24) is 0 Å². The van der Waals surface area contributed by atoms with Gasteiger partial charge in [0.25, 0.3) is 0 Å². The number of halogens is 2. The topological polar surface area (TPSA) is 26.0 Å². The number of hydrogen-bond donors (Lipinski definition) is 1. The van der Waals surface area contributed by atoms with Crippen molar-refractivity contribution in [2.24, 2.45) is 5.73 Å². The second-order valence-electron chi connectivity index (χ2n) is 3.07. The molecule has 0 unspecified atom stereocenters. The lowest BCUT2D eigenvalue weighted by atomic mass is 10.1. The van der Waals surface area contributed by atoms with Crippen LogP contribution in [-0.4, -0.2) is 0 Å². The molecule has 1 aliphatic carbocycles. The second kappa shape index (κ2) is 2.52. The summed E-state index contributed by atoms with van der Waals surface area (Å²) in [5, 5.41) is 0. The fraction of sp³-hybridized carbons (Fsp3) is 0.333. The molecule has 0 saturated heterocycles. The quantitative estimate of drug-likeness (QED) is 0.630. The van der Waals surface area contributed by atoms with Crippen LogP contribution in [-0.2, 0) is 6.42 Å². The maximum Gasteiger partial charge on any atom is 0.162 e. The van der Waals surface area contributed by atoms with E-state index in [9.17, 15) is 8.78 Å². The molecule has 64 valence electrons. The van der Waals surface area contributed by atoms with E-state index in [2.05, 4.69) is 0 Å². The van der Waals surface area contributed by atoms with Crippen LogP contribution in [0.15, 0.2) is 12.1 Å². The van der Waals surface area contributed by atoms with Gasteiger partial charge in [-0.25, -0.2) is 8.78 Å². The molecule has 0 amide bonds. The van der Waals surface area contributed by atoms with Crippen LogP contribution in [0, 0.1) is 11.6 Å². The Labute approximate surface area is 69.2 Å². The van der Waals surface area contributed by atoms with Crippen LogP contribution in [0.1, 0.15) is 23.6 Å². The van der Waals surface area contributed by atoms with Gasteiger partial charge in [-0.2, -0.15) is 0 Å². The van der Waals surface area contributed by atoms with Crippen LogP contribution in [0.3, 0.4) is 0 Å². The van der Waals surface area contributed by atoms with Crippen LogP contribution in [0.4, 0.5) is 8.78 Å². The van der Waals surface area contributed by atoms with Crippen LogP contribution in [0.25, 0.3) is 0 Å². The predicted molar refractivity (Wildman–Crippen MR) is 41.6 cm³/mol.